The van der Waals surface area contributed by atoms with E-state index < -0.39 is 17.7 Å². The van der Waals surface area contributed by atoms with Gasteiger partial charge in [0, 0.05) is 30.8 Å². The highest BCUT2D eigenvalue weighted by Crippen LogP contribution is 2.30. The molecule has 3 rings (SSSR count). The van der Waals surface area contributed by atoms with Crippen molar-refractivity contribution in [3.05, 3.63) is 52.2 Å². The van der Waals surface area contributed by atoms with Crippen LogP contribution < -0.4 is 10.2 Å². The van der Waals surface area contributed by atoms with Crippen molar-refractivity contribution in [2.45, 2.75) is 32.0 Å². The van der Waals surface area contributed by atoms with Gasteiger partial charge < -0.3 is 10.2 Å². The summed E-state index contributed by atoms with van der Waals surface area (Å²) < 4.78 is 52.0. The van der Waals surface area contributed by atoms with Gasteiger partial charge in [0.05, 0.1) is 5.02 Å². The van der Waals surface area contributed by atoms with Gasteiger partial charge in [-0.3, -0.25) is 4.79 Å². The molecule has 0 saturated carbocycles. The summed E-state index contributed by atoms with van der Waals surface area (Å²) in [6.07, 6.45) is -3.47. The van der Waals surface area contributed by atoms with Crippen LogP contribution in [0.5, 0.6) is 0 Å². The van der Waals surface area contributed by atoms with Crippen molar-refractivity contribution < 1.29 is 22.4 Å². The molecule has 1 aromatic carbocycles. The smallest absolute Gasteiger partial charge is 0.356 e. The number of alkyl halides is 3. The highest BCUT2D eigenvalue weighted by molar-refractivity contribution is 6.31. The zero-order valence-corrected chi connectivity index (χ0v) is 15.6. The van der Waals surface area contributed by atoms with E-state index in [1.807, 2.05) is 0 Å². The number of halogens is 5. The zero-order chi connectivity index (χ0) is 20.5. The van der Waals surface area contributed by atoms with Crippen molar-refractivity contribution in [1.29, 1.82) is 0 Å². The molecule has 2 aromatic rings. The molecule has 1 aliphatic heterocycles. The van der Waals surface area contributed by atoms with Crippen LogP contribution in [0.3, 0.4) is 0 Å². The molecule has 5 nitrogen and oxygen atoms in total. The maximum atomic E-state index is 13.2. The van der Waals surface area contributed by atoms with Gasteiger partial charge >= 0.3 is 6.18 Å². The molecule has 1 N–H and O–H groups in total. The molecule has 0 atom stereocenters. The van der Waals surface area contributed by atoms with E-state index in [4.69, 9.17) is 11.6 Å². The Bertz CT molecular complexity index is 882. The Morgan fingerprint density at radius 3 is 2.50 bits per heavy atom. The quantitative estimate of drug-likeness (QED) is 0.768. The molecule has 1 saturated heterocycles. The Labute approximate surface area is 163 Å². The lowest BCUT2D eigenvalue weighted by Gasteiger charge is -2.33. The summed E-state index contributed by atoms with van der Waals surface area (Å²) in [5.74, 6) is -0.717. The molecule has 2 heterocycles. The molecule has 10 heteroatoms. The Hall–Kier alpha value is -2.42. The van der Waals surface area contributed by atoms with Crippen molar-refractivity contribution in [3.8, 4) is 0 Å². The number of rotatable bonds is 3. The van der Waals surface area contributed by atoms with Gasteiger partial charge in [-0.25, -0.2) is 14.4 Å². The molecule has 0 radical (unpaired) electrons. The molecular weight excluding hydrogens is 400 g/mol. The number of amides is 1. The minimum absolute atomic E-state index is 0.0495. The lowest BCUT2D eigenvalue weighted by atomic mass is 10.0. The minimum atomic E-state index is -4.54. The van der Waals surface area contributed by atoms with E-state index in [-0.39, 0.29) is 34.2 Å². The Morgan fingerprint density at radius 1 is 1.21 bits per heavy atom. The average molecular weight is 417 g/mol. The second-order valence-electron chi connectivity index (χ2n) is 6.52. The van der Waals surface area contributed by atoms with Crippen molar-refractivity contribution in [3.63, 3.8) is 0 Å². The van der Waals surface area contributed by atoms with Crippen LogP contribution in [-0.2, 0) is 6.18 Å². The molecule has 1 aromatic heterocycles. The fraction of sp³-hybridized carbons (Fsp3) is 0.389. The van der Waals surface area contributed by atoms with Gasteiger partial charge in [0.15, 0.2) is 0 Å². The number of hydrogen-bond acceptors (Lipinski definition) is 4. The maximum absolute atomic E-state index is 13.2. The predicted molar refractivity (Wildman–Crippen MR) is 95.9 cm³/mol. The Morgan fingerprint density at radius 2 is 1.89 bits per heavy atom. The largest absolute Gasteiger partial charge is 0.433 e. The molecular formula is C18H17ClF4N4O. The number of carbonyl (C=O) groups is 1. The first-order valence-electron chi connectivity index (χ1n) is 8.57. The van der Waals surface area contributed by atoms with Crippen LogP contribution >= 0.6 is 11.6 Å². The van der Waals surface area contributed by atoms with Crippen molar-refractivity contribution in [2.24, 2.45) is 0 Å². The van der Waals surface area contributed by atoms with E-state index in [1.54, 1.807) is 4.90 Å². The summed E-state index contributed by atoms with van der Waals surface area (Å²) in [5.41, 5.74) is -0.728. The summed E-state index contributed by atoms with van der Waals surface area (Å²) in [5, 5.41) is 2.70. The van der Waals surface area contributed by atoms with Crippen LogP contribution in [0.25, 0.3) is 0 Å². The third-order valence-corrected chi connectivity index (χ3v) is 4.74. The van der Waals surface area contributed by atoms with E-state index in [9.17, 15) is 22.4 Å². The molecule has 1 aliphatic rings. The second-order valence-corrected chi connectivity index (χ2v) is 6.93. The molecule has 1 amide bonds. The van der Waals surface area contributed by atoms with Gasteiger partial charge in [-0.05, 0) is 38.0 Å². The first-order valence-corrected chi connectivity index (χ1v) is 8.95. The molecule has 28 heavy (non-hydrogen) atoms. The molecule has 0 aliphatic carbocycles. The topological polar surface area (TPSA) is 58.1 Å². The van der Waals surface area contributed by atoms with Crippen LogP contribution in [0, 0.1) is 12.7 Å². The molecule has 0 unspecified atom stereocenters. The average Bonchev–Trinajstić information content (AvgIpc) is 2.63. The monoisotopic (exact) mass is 416 g/mol. The second kappa shape index (κ2) is 7.90. The van der Waals surface area contributed by atoms with Gasteiger partial charge in [-0.1, -0.05) is 11.6 Å². The lowest BCUT2D eigenvalue weighted by molar-refractivity contribution is -0.141. The highest BCUT2D eigenvalue weighted by Gasteiger charge is 2.34. The lowest BCUT2D eigenvalue weighted by Crippen LogP contribution is -2.45. The SMILES string of the molecule is Cc1nc(N2CCC(NC(=O)c3ccc(F)c(Cl)c3)CC2)cc(C(F)(F)F)n1. The predicted octanol–water partition coefficient (Wildman–Crippen LogP) is 4.00. The number of hydrogen-bond donors (Lipinski definition) is 1. The van der Waals surface area contributed by atoms with E-state index in [0.717, 1.165) is 12.1 Å². The summed E-state index contributed by atoms with van der Waals surface area (Å²) in [7, 11) is 0. The van der Waals surface area contributed by atoms with Gasteiger partial charge in [-0.2, -0.15) is 13.2 Å². The summed E-state index contributed by atoms with van der Waals surface area (Å²) in [6.45, 7) is 2.28. The third-order valence-electron chi connectivity index (χ3n) is 4.45. The van der Waals surface area contributed by atoms with E-state index >= 15 is 0 Å². The van der Waals surface area contributed by atoms with Crippen molar-refractivity contribution >= 4 is 23.3 Å². The van der Waals surface area contributed by atoms with Crippen LogP contribution in [0.4, 0.5) is 23.4 Å². The number of aryl methyl sites for hydroxylation is 1. The number of nitrogens with zero attached hydrogens (tertiary/aromatic N) is 3. The van der Waals surface area contributed by atoms with E-state index in [2.05, 4.69) is 15.3 Å². The van der Waals surface area contributed by atoms with Gasteiger partial charge in [0.2, 0.25) is 0 Å². The molecule has 1 fully saturated rings. The Balaban J connectivity index is 1.62. The minimum Gasteiger partial charge on any atom is -0.356 e. The van der Waals surface area contributed by atoms with Crippen LogP contribution in [-0.4, -0.2) is 35.0 Å². The number of anilines is 1. The first kappa shape index (κ1) is 20.3. The molecule has 150 valence electrons. The fourth-order valence-corrected chi connectivity index (χ4v) is 3.20. The Kier molecular flexibility index (Phi) is 5.74. The van der Waals surface area contributed by atoms with Gasteiger partial charge in [0.25, 0.3) is 5.91 Å². The number of carbonyl (C=O) groups excluding carboxylic acids is 1. The number of piperidine rings is 1. The van der Waals surface area contributed by atoms with Gasteiger partial charge in [-0.15, -0.1) is 0 Å². The zero-order valence-electron chi connectivity index (χ0n) is 14.9. The van der Waals surface area contributed by atoms with Crippen molar-refractivity contribution in [2.75, 3.05) is 18.0 Å². The van der Waals surface area contributed by atoms with Gasteiger partial charge in [0.1, 0.15) is 23.2 Å². The van der Waals surface area contributed by atoms with Crippen LogP contribution in [0.15, 0.2) is 24.3 Å². The summed E-state index contributed by atoms with van der Waals surface area (Å²) in [4.78, 5) is 21.6. The van der Waals surface area contributed by atoms with Crippen molar-refractivity contribution in [1.82, 2.24) is 15.3 Å². The first-order chi connectivity index (χ1) is 13.1. The molecule has 0 bridgehead atoms. The van der Waals surface area contributed by atoms with E-state index in [1.165, 1.54) is 19.1 Å². The number of aromatic nitrogens is 2. The van der Waals surface area contributed by atoms with E-state index in [0.29, 0.717) is 25.9 Å². The third kappa shape index (κ3) is 4.70. The highest BCUT2D eigenvalue weighted by atomic mass is 35.5. The molecule has 0 spiro atoms. The summed E-state index contributed by atoms with van der Waals surface area (Å²) >= 11 is 5.69. The number of benzene rings is 1. The summed E-state index contributed by atoms with van der Waals surface area (Å²) in [6, 6.07) is 4.50. The maximum Gasteiger partial charge on any atom is 0.433 e. The van der Waals surface area contributed by atoms with Crippen LogP contribution in [0.2, 0.25) is 5.02 Å². The van der Waals surface area contributed by atoms with Crippen LogP contribution in [0.1, 0.15) is 34.7 Å². The standard InChI is InChI=1S/C18H17ClF4N4O/c1-10-24-15(18(21,22)23)9-16(25-10)27-6-4-12(5-7-27)26-17(28)11-2-3-14(20)13(19)8-11/h2-3,8-9,12H,4-7H2,1H3,(H,26,28). The normalized spacial score (nSPS) is 15.6. The number of nitrogens with one attached hydrogen (secondary N) is 1. The fourth-order valence-electron chi connectivity index (χ4n) is 3.02.